The Morgan fingerprint density at radius 1 is 1.17 bits per heavy atom. The predicted molar refractivity (Wildman–Crippen MR) is 75.5 cm³/mol. The van der Waals surface area contributed by atoms with E-state index in [1.165, 1.54) is 5.56 Å². The number of hydrogen-bond acceptors (Lipinski definition) is 3. The Bertz CT molecular complexity index is 482. The molecular formula is C14H15BrN2O. The van der Waals surface area contributed by atoms with E-state index < -0.39 is 0 Å². The Labute approximate surface area is 115 Å². The van der Waals surface area contributed by atoms with Crippen LogP contribution in [-0.2, 0) is 13.2 Å². The molecule has 2 aromatic rings. The molecule has 0 unspecified atom stereocenters. The molecule has 0 aliphatic carbocycles. The van der Waals surface area contributed by atoms with Crippen molar-refractivity contribution in [2.24, 2.45) is 0 Å². The zero-order chi connectivity index (χ0) is 12.8. The SMILES string of the molecule is CNCc1ccc(OCc2ccc(Br)cn2)cc1. The average molecular weight is 307 g/mol. The second-order valence-electron chi connectivity index (χ2n) is 3.93. The highest BCUT2D eigenvalue weighted by Crippen LogP contribution is 2.14. The first kappa shape index (κ1) is 13.1. The minimum absolute atomic E-state index is 0.485. The number of halogens is 1. The fourth-order valence-electron chi connectivity index (χ4n) is 1.56. The summed E-state index contributed by atoms with van der Waals surface area (Å²) in [6.45, 7) is 1.35. The zero-order valence-corrected chi connectivity index (χ0v) is 11.8. The van der Waals surface area contributed by atoms with Crippen molar-refractivity contribution in [2.45, 2.75) is 13.2 Å². The van der Waals surface area contributed by atoms with Gasteiger partial charge in [-0.2, -0.15) is 0 Å². The smallest absolute Gasteiger partial charge is 0.130 e. The summed E-state index contributed by atoms with van der Waals surface area (Å²) >= 11 is 3.35. The first-order valence-corrected chi connectivity index (χ1v) is 6.54. The van der Waals surface area contributed by atoms with Crippen molar-refractivity contribution in [3.05, 3.63) is 58.3 Å². The van der Waals surface area contributed by atoms with Gasteiger partial charge in [-0.15, -0.1) is 0 Å². The van der Waals surface area contributed by atoms with E-state index in [1.807, 2.05) is 31.3 Å². The van der Waals surface area contributed by atoms with Crippen LogP contribution in [0.5, 0.6) is 5.75 Å². The van der Waals surface area contributed by atoms with Gasteiger partial charge in [0.25, 0.3) is 0 Å². The normalized spacial score (nSPS) is 10.3. The van der Waals surface area contributed by atoms with Crippen LogP contribution >= 0.6 is 15.9 Å². The van der Waals surface area contributed by atoms with Crippen LogP contribution in [0.3, 0.4) is 0 Å². The molecule has 18 heavy (non-hydrogen) atoms. The molecule has 0 saturated carbocycles. The van der Waals surface area contributed by atoms with Gasteiger partial charge in [0.05, 0.1) is 5.69 Å². The lowest BCUT2D eigenvalue weighted by Gasteiger charge is -2.07. The van der Waals surface area contributed by atoms with Gasteiger partial charge < -0.3 is 10.1 Å². The summed E-state index contributed by atoms with van der Waals surface area (Å²) in [5.74, 6) is 0.861. The topological polar surface area (TPSA) is 34.1 Å². The third-order valence-electron chi connectivity index (χ3n) is 2.48. The highest BCUT2D eigenvalue weighted by atomic mass is 79.9. The molecular weight excluding hydrogens is 292 g/mol. The zero-order valence-electron chi connectivity index (χ0n) is 10.2. The fraction of sp³-hybridized carbons (Fsp3) is 0.214. The number of nitrogens with zero attached hydrogens (tertiary/aromatic N) is 1. The lowest BCUT2D eigenvalue weighted by molar-refractivity contribution is 0.301. The minimum Gasteiger partial charge on any atom is -0.487 e. The molecule has 1 aromatic heterocycles. The predicted octanol–water partition coefficient (Wildman–Crippen LogP) is 3.14. The Morgan fingerprint density at radius 3 is 2.56 bits per heavy atom. The Balaban J connectivity index is 1.91. The molecule has 1 aromatic carbocycles. The molecule has 3 nitrogen and oxygen atoms in total. The summed E-state index contributed by atoms with van der Waals surface area (Å²) < 4.78 is 6.64. The highest BCUT2D eigenvalue weighted by molar-refractivity contribution is 9.10. The van der Waals surface area contributed by atoms with E-state index in [0.29, 0.717) is 6.61 Å². The van der Waals surface area contributed by atoms with E-state index in [2.05, 4.69) is 38.4 Å². The van der Waals surface area contributed by atoms with Crippen LogP contribution in [0.25, 0.3) is 0 Å². The summed E-state index contributed by atoms with van der Waals surface area (Å²) in [5, 5.41) is 3.11. The maximum Gasteiger partial charge on any atom is 0.130 e. The first-order valence-electron chi connectivity index (χ1n) is 5.74. The van der Waals surface area contributed by atoms with E-state index in [4.69, 9.17) is 4.74 Å². The van der Waals surface area contributed by atoms with Gasteiger partial charge in [0.15, 0.2) is 0 Å². The van der Waals surface area contributed by atoms with E-state index in [-0.39, 0.29) is 0 Å². The van der Waals surface area contributed by atoms with E-state index in [9.17, 15) is 0 Å². The van der Waals surface area contributed by atoms with Crippen molar-refractivity contribution in [1.82, 2.24) is 10.3 Å². The summed E-state index contributed by atoms with van der Waals surface area (Å²) in [6, 6.07) is 12.0. The number of rotatable bonds is 5. The van der Waals surface area contributed by atoms with E-state index in [1.54, 1.807) is 6.20 Å². The van der Waals surface area contributed by atoms with Crippen molar-refractivity contribution in [1.29, 1.82) is 0 Å². The third-order valence-corrected chi connectivity index (χ3v) is 2.95. The maximum atomic E-state index is 5.67. The summed E-state index contributed by atoms with van der Waals surface area (Å²) in [7, 11) is 1.93. The summed E-state index contributed by atoms with van der Waals surface area (Å²) in [6.07, 6.45) is 1.77. The molecule has 0 bridgehead atoms. The van der Waals surface area contributed by atoms with E-state index >= 15 is 0 Å². The molecule has 0 radical (unpaired) electrons. The van der Waals surface area contributed by atoms with Gasteiger partial charge >= 0.3 is 0 Å². The number of ether oxygens (including phenoxy) is 1. The van der Waals surface area contributed by atoms with Gasteiger partial charge in [-0.1, -0.05) is 12.1 Å². The molecule has 0 spiro atoms. The van der Waals surface area contributed by atoms with Crippen LogP contribution in [-0.4, -0.2) is 12.0 Å². The fourth-order valence-corrected chi connectivity index (χ4v) is 1.79. The number of hydrogen-bond donors (Lipinski definition) is 1. The lowest BCUT2D eigenvalue weighted by atomic mass is 10.2. The van der Waals surface area contributed by atoms with Gasteiger partial charge in [-0.05, 0) is 52.8 Å². The lowest BCUT2D eigenvalue weighted by Crippen LogP contribution is -2.04. The summed E-state index contributed by atoms with van der Waals surface area (Å²) in [4.78, 5) is 4.26. The van der Waals surface area contributed by atoms with Crippen LogP contribution in [0.4, 0.5) is 0 Å². The van der Waals surface area contributed by atoms with Crippen LogP contribution in [0.1, 0.15) is 11.3 Å². The molecule has 0 aliphatic rings. The molecule has 4 heteroatoms. The number of pyridine rings is 1. The van der Waals surface area contributed by atoms with Crippen molar-refractivity contribution >= 4 is 15.9 Å². The van der Waals surface area contributed by atoms with Crippen LogP contribution in [0, 0.1) is 0 Å². The van der Waals surface area contributed by atoms with Crippen molar-refractivity contribution in [2.75, 3.05) is 7.05 Å². The van der Waals surface area contributed by atoms with Crippen molar-refractivity contribution in [3.8, 4) is 5.75 Å². The van der Waals surface area contributed by atoms with Gasteiger partial charge in [-0.25, -0.2) is 0 Å². The van der Waals surface area contributed by atoms with Crippen molar-refractivity contribution < 1.29 is 4.74 Å². The Kier molecular flexibility index (Phi) is 4.73. The molecule has 0 atom stereocenters. The Hall–Kier alpha value is -1.39. The maximum absolute atomic E-state index is 5.67. The monoisotopic (exact) mass is 306 g/mol. The van der Waals surface area contributed by atoms with Crippen LogP contribution in [0.2, 0.25) is 0 Å². The van der Waals surface area contributed by atoms with Crippen LogP contribution in [0.15, 0.2) is 47.1 Å². The quantitative estimate of drug-likeness (QED) is 0.921. The molecule has 0 saturated heterocycles. The van der Waals surface area contributed by atoms with Crippen molar-refractivity contribution in [3.63, 3.8) is 0 Å². The third kappa shape index (κ3) is 3.82. The highest BCUT2D eigenvalue weighted by Gasteiger charge is 1.98. The van der Waals surface area contributed by atoms with Gasteiger partial charge in [0, 0.05) is 17.2 Å². The number of benzene rings is 1. The molecule has 0 amide bonds. The van der Waals surface area contributed by atoms with Gasteiger partial charge in [0.2, 0.25) is 0 Å². The minimum atomic E-state index is 0.485. The second kappa shape index (κ2) is 6.52. The molecule has 1 N–H and O–H groups in total. The number of aromatic nitrogens is 1. The number of nitrogens with one attached hydrogen (secondary N) is 1. The molecule has 0 aliphatic heterocycles. The largest absolute Gasteiger partial charge is 0.487 e. The Morgan fingerprint density at radius 2 is 1.94 bits per heavy atom. The first-order chi connectivity index (χ1) is 8.78. The molecule has 94 valence electrons. The van der Waals surface area contributed by atoms with E-state index in [0.717, 1.165) is 22.5 Å². The molecule has 2 rings (SSSR count). The standard InChI is InChI=1S/C14H15BrN2O/c1-16-8-11-2-6-14(7-3-11)18-10-13-5-4-12(15)9-17-13/h2-7,9,16H,8,10H2,1H3. The van der Waals surface area contributed by atoms with Gasteiger partial charge in [-0.3, -0.25) is 4.98 Å². The second-order valence-corrected chi connectivity index (χ2v) is 4.85. The summed E-state index contributed by atoms with van der Waals surface area (Å²) in [5.41, 5.74) is 2.16. The molecule has 1 heterocycles. The van der Waals surface area contributed by atoms with Gasteiger partial charge in [0.1, 0.15) is 12.4 Å². The van der Waals surface area contributed by atoms with Crippen LogP contribution < -0.4 is 10.1 Å². The molecule has 0 fully saturated rings. The average Bonchev–Trinajstić information content (AvgIpc) is 2.40.